The van der Waals surface area contributed by atoms with Crippen molar-refractivity contribution in [2.75, 3.05) is 0 Å². The molecule has 0 radical (unpaired) electrons. The monoisotopic (exact) mass is 545 g/mol. The topological polar surface area (TPSA) is 0 Å². The van der Waals surface area contributed by atoms with Crippen LogP contribution in [0.5, 0.6) is 0 Å². The molecule has 2 aromatic carbocycles. The summed E-state index contributed by atoms with van der Waals surface area (Å²) < 4.78 is 1.08. The van der Waals surface area contributed by atoms with E-state index in [-0.39, 0.29) is 24.8 Å². The molecule has 0 heterocycles. The van der Waals surface area contributed by atoms with Crippen molar-refractivity contribution in [1.29, 1.82) is 0 Å². The van der Waals surface area contributed by atoms with E-state index in [9.17, 15) is 0 Å². The molecule has 0 amide bonds. The van der Waals surface area contributed by atoms with Gasteiger partial charge in [-0.1, -0.05) is 0 Å². The maximum atomic E-state index is 2.67. The Hall–Kier alpha value is -0.660. The van der Waals surface area contributed by atoms with Gasteiger partial charge in [-0.25, -0.2) is 0 Å². The Morgan fingerprint density at radius 2 is 1.52 bits per heavy atom. The standard InChI is InChI=1S/C16H13.C9H13.C2H7Si.2ClH.Zr/c1-12-10-14-8-5-9-15(16(14)11-12)13-6-3-2-4-7-13;1-6-5-7(2)9(4)8(6)3;1-3-2;;;/h2-11H,1H3;5H,1-4H3;3H,1-2H3;2*1H;/q;;;;;+2/p-2. The van der Waals surface area contributed by atoms with E-state index in [0.717, 1.165) is 3.63 Å². The van der Waals surface area contributed by atoms with E-state index < -0.39 is 26.8 Å². The Kier molecular flexibility index (Phi) is 8.65. The fourth-order valence-electron chi connectivity index (χ4n) is 5.70. The zero-order valence-electron chi connectivity index (χ0n) is 19.7. The first-order chi connectivity index (χ1) is 13.8. The molecule has 0 N–H and O–H groups in total. The number of halogens is 2. The van der Waals surface area contributed by atoms with Crippen LogP contribution < -0.4 is 24.8 Å². The van der Waals surface area contributed by atoms with Crippen molar-refractivity contribution in [2.45, 2.75) is 54.5 Å². The molecule has 0 aromatic heterocycles. The number of benzene rings is 2. The van der Waals surface area contributed by atoms with E-state index in [1.165, 1.54) is 22.3 Å². The number of fused-ring (bicyclic) bond motifs is 1. The summed E-state index contributed by atoms with van der Waals surface area (Å²) in [4.78, 5) is 0. The van der Waals surface area contributed by atoms with Gasteiger partial charge in [0.1, 0.15) is 0 Å². The van der Waals surface area contributed by atoms with Gasteiger partial charge >= 0.3 is 187 Å². The van der Waals surface area contributed by atoms with Crippen LogP contribution in [0.2, 0.25) is 16.2 Å². The first-order valence-electron chi connectivity index (χ1n) is 10.9. The molecule has 0 bridgehead atoms. The van der Waals surface area contributed by atoms with E-state index >= 15 is 0 Å². The molecule has 0 fully saturated rings. The summed E-state index contributed by atoms with van der Waals surface area (Å²) in [7, 11) is 0. The zero-order chi connectivity index (χ0) is 20.9. The second-order valence-corrected chi connectivity index (χ2v) is 30.1. The molecule has 4 heteroatoms. The van der Waals surface area contributed by atoms with Gasteiger partial charge in [0.25, 0.3) is 0 Å². The van der Waals surface area contributed by atoms with Crippen LogP contribution in [-0.2, 0) is 20.9 Å². The minimum absolute atomic E-state index is 0. The van der Waals surface area contributed by atoms with Crippen molar-refractivity contribution in [1.82, 2.24) is 0 Å². The first-order valence-corrected chi connectivity index (χ1v) is 20.7. The molecule has 0 spiro atoms. The van der Waals surface area contributed by atoms with E-state index in [2.05, 4.69) is 108 Å². The van der Waals surface area contributed by atoms with Crippen LogP contribution in [-0.4, -0.2) is 5.92 Å². The fraction of sp³-hybridized carbons (Fsp3) is 0.333. The van der Waals surface area contributed by atoms with E-state index in [1.807, 2.05) is 0 Å². The van der Waals surface area contributed by atoms with Crippen LogP contribution in [0.3, 0.4) is 0 Å². The average Bonchev–Trinajstić information content (AvgIpc) is 3.12. The summed E-state index contributed by atoms with van der Waals surface area (Å²) in [6.45, 7) is 17.4. The molecule has 31 heavy (non-hydrogen) atoms. The zero-order valence-corrected chi connectivity index (χ0v) is 24.8. The van der Waals surface area contributed by atoms with Crippen molar-refractivity contribution in [3.63, 3.8) is 0 Å². The van der Waals surface area contributed by atoms with Crippen molar-refractivity contribution in [3.05, 3.63) is 88.0 Å². The Labute approximate surface area is 210 Å². The van der Waals surface area contributed by atoms with Gasteiger partial charge in [0, 0.05) is 0 Å². The largest absolute Gasteiger partial charge is 1.00 e. The predicted molar refractivity (Wildman–Crippen MR) is 128 cm³/mol. The third kappa shape index (κ3) is 4.43. The smallest absolute Gasteiger partial charge is 1.00 e. The summed E-state index contributed by atoms with van der Waals surface area (Å²) >= 11 is -1.89. The van der Waals surface area contributed by atoms with Gasteiger partial charge in [0.05, 0.1) is 0 Å². The Balaban J connectivity index is 0.00000171. The summed E-state index contributed by atoms with van der Waals surface area (Å²) in [6, 6.07) is 18.0. The summed E-state index contributed by atoms with van der Waals surface area (Å²) in [6.07, 6.45) is 5.20. The van der Waals surface area contributed by atoms with Gasteiger partial charge < -0.3 is 24.8 Å². The molecule has 2 aliphatic rings. The van der Waals surface area contributed by atoms with Crippen molar-refractivity contribution >= 4 is 12.0 Å². The van der Waals surface area contributed by atoms with E-state index in [0.29, 0.717) is 3.12 Å². The van der Waals surface area contributed by atoms with Crippen molar-refractivity contribution in [3.8, 4) is 11.1 Å². The number of rotatable bonds is 4. The Morgan fingerprint density at radius 1 is 0.871 bits per heavy atom. The number of hydrogen-bond donors (Lipinski definition) is 0. The fourth-order valence-corrected chi connectivity index (χ4v) is 32.5. The molecule has 0 saturated carbocycles. The molecule has 2 aromatic rings. The molecule has 4 rings (SSSR count). The molecule has 0 nitrogen and oxygen atoms in total. The van der Waals surface area contributed by atoms with Crippen LogP contribution in [0.25, 0.3) is 17.2 Å². The van der Waals surface area contributed by atoms with Gasteiger partial charge in [-0.15, -0.1) is 0 Å². The number of allylic oxidation sites excluding steroid dienone is 5. The molecule has 0 saturated heterocycles. The summed E-state index contributed by atoms with van der Waals surface area (Å²) in [5.41, 5.74) is 12.3. The van der Waals surface area contributed by atoms with E-state index in [1.54, 1.807) is 22.3 Å². The molecule has 163 valence electrons. The quantitative estimate of drug-likeness (QED) is 0.513. The normalized spacial score (nSPS) is 21.9. The molecular weight excluding hydrogens is 515 g/mol. The summed E-state index contributed by atoms with van der Waals surface area (Å²) in [5, 5.41) is 0. The molecule has 2 atom stereocenters. The number of hydrogen-bond acceptors (Lipinski definition) is 0. The van der Waals surface area contributed by atoms with Crippen LogP contribution in [0.15, 0.2) is 76.9 Å². The molecule has 2 aliphatic carbocycles. The SMILES string of the molecule is CC1=C[C](C)([Zr+2]([CH]2C(C)=Cc3c(-c4ccccc4)cccc32)[SiH](C)C)C(C)=C1C.[Cl-].[Cl-]. The van der Waals surface area contributed by atoms with Gasteiger partial charge in [0.15, 0.2) is 0 Å². The van der Waals surface area contributed by atoms with Crippen molar-refractivity contribution < 1.29 is 45.7 Å². The minimum atomic E-state index is -1.89. The third-order valence-electron chi connectivity index (χ3n) is 7.33. The van der Waals surface area contributed by atoms with Crippen LogP contribution >= 0.6 is 0 Å². The third-order valence-corrected chi connectivity index (χ3v) is 30.9. The Bertz CT molecular complexity index is 1050. The maximum absolute atomic E-state index is 2.67. The second kappa shape index (κ2) is 10.1. The molecular formula is C27H33Cl2SiZr. The first kappa shape index (κ1) is 26.6. The van der Waals surface area contributed by atoms with Crippen molar-refractivity contribution in [2.24, 2.45) is 0 Å². The van der Waals surface area contributed by atoms with Gasteiger partial charge in [0.2, 0.25) is 0 Å². The van der Waals surface area contributed by atoms with E-state index in [4.69, 9.17) is 0 Å². The second-order valence-electron chi connectivity index (χ2n) is 9.39. The maximum Gasteiger partial charge on any atom is -1.00 e. The van der Waals surface area contributed by atoms with Gasteiger partial charge in [-0.3, -0.25) is 0 Å². The predicted octanol–water partition coefficient (Wildman–Crippen LogP) is 1.90. The van der Waals surface area contributed by atoms with Gasteiger partial charge in [-0.2, -0.15) is 0 Å². The van der Waals surface area contributed by atoms with Crippen LogP contribution in [0.1, 0.15) is 49.4 Å². The van der Waals surface area contributed by atoms with Crippen LogP contribution in [0.4, 0.5) is 0 Å². The van der Waals surface area contributed by atoms with Crippen LogP contribution in [0, 0.1) is 0 Å². The van der Waals surface area contributed by atoms with Gasteiger partial charge in [-0.05, 0) is 0 Å². The Morgan fingerprint density at radius 3 is 2.06 bits per heavy atom. The summed E-state index contributed by atoms with van der Waals surface area (Å²) in [5.74, 6) is -0.762. The molecule has 0 aliphatic heterocycles. The molecule has 2 unspecified atom stereocenters. The minimum Gasteiger partial charge on any atom is -1.00 e. The average molecular weight is 548 g/mol.